The average Bonchev–Trinajstić information content (AvgIpc) is 2.43. The van der Waals surface area contributed by atoms with Gasteiger partial charge in [0, 0.05) is 0 Å². The van der Waals surface area contributed by atoms with Crippen LogP contribution >= 0.6 is 0 Å². The highest BCUT2D eigenvalue weighted by Crippen LogP contribution is 2.16. The second-order valence-corrected chi connectivity index (χ2v) is 6.53. The van der Waals surface area contributed by atoms with E-state index < -0.39 is 16.1 Å². The Bertz CT molecular complexity index is 455. The summed E-state index contributed by atoms with van der Waals surface area (Å²) >= 11 is 0. The number of benzene rings is 1. The van der Waals surface area contributed by atoms with Gasteiger partial charge in [-0.1, -0.05) is 57.0 Å². The molecule has 0 aliphatic carbocycles. The normalized spacial score (nSPS) is 13.7. The van der Waals surface area contributed by atoms with Crippen LogP contribution in [0, 0.1) is 5.92 Å². The highest BCUT2D eigenvalue weighted by molar-refractivity contribution is 7.89. The van der Waals surface area contributed by atoms with Gasteiger partial charge in [-0.15, -0.1) is 0 Å². The van der Waals surface area contributed by atoms with Crippen molar-refractivity contribution in [3.63, 3.8) is 0 Å². The van der Waals surface area contributed by atoms with E-state index in [-0.39, 0.29) is 18.3 Å². The molecule has 0 aliphatic heterocycles. The summed E-state index contributed by atoms with van der Waals surface area (Å²) in [5, 5.41) is 9.36. The molecule has 0 aliphatic rings. The lowest BCUT2D eigenvalue weighted by Crippen LogP contribution is -2.34. The fraction of sp³-hybridized carbons (Fsp3) is 0.571. The maximum atomic E-state index is 12.1. The van der Waals surface area contributed by atoms with E-state index in [2.05, 4.69) is 4.72 Å². The molecule has 5 heteroatoms. The maximum absolute atomic E-state index is 12.1. The van der Waals surface area contributed by atoms with Crippen molar-refractivity contribution in [2.75, 3.05) is 12.4 Å². The number of nitrogens with one attached hydrogen (secondary N) is 1. The standard InChI is InChI=1S/C14H23NO3S/c1-3-12(4-2)11-19(17,18)15-14(10-16)13-8-6-5-7-9-13/h5-9,12,14-16H,3-4,10-11H2,1-2H3. The molecule has 1 aromatic rings. The number of rotatable bonds is 8. The van der Waals surface area contributed by atoms with E-state index in [1.807, 2.05) is 32.0 Å². The van der Waals surface area contributed by atoms with Gasteiger partial charge in [0.15, 0.2) is 0 Å². The molecule has 0 bridgehead atoms. The van der Waals surface area contributed by atoms with Gasteiger partial charge in [0.05, 0.1) is 18.4 Å². The molecule has 1 rings (SSSR count). The number of hydrogen-bond donors (Lipinski definition) is 2. The predicted molar refractivity (Wildman–Crippen MR) is 77.3 cm³/mol. The molecule has 4 nitrogen and oxygen atoms in total. The van der Waals surface area contributed by atoms with Crippen molar-refractivity contribution in [2.45, 2.75) is 32.7 Å². The predicted octanol–water partition coefficient (Wildman–Crippen LogP) is 2.08. The highest BCUT2D eigenvalue weighted by Gasteiger charge is 2.21. The minimum Gasteiger partial charge on any atom is -0.394 e. The zero-order valence-electron chi connectivity index (χ0n) is 11.5. The van der Waals surface area contributed by atoms with Gasteiger partial charge >= 0.3 is 0 Å². The Hall–Kier alpha value is -0.910. The SMILES string of the molecule is CCC(CC)CS(=O)(=O)NC(CO)c1ccccc1. The molecule has 0 aromatic heterocycles. The fourth-order valence-electron chi connectivity index (χ4n) is 2.00. The third-order valence-electron chi connectivity index (χ3n) is 3.32. The molecule has 0 saturated heterocycles. The van der Waals surface area contributed by atoms with Crippen LogP contribution in [0.1, 0.15) is 38.3 Å². The van der Waals surface area contributed by atoms with Gasteiger partial charge in [-0.05, 0) is 11.5 Å². The molecule has 1 atom stereocenters. The number of hydrogen-bond acceptors (Lipinski definition) is 3. The van der Waals surface area contributed by atoms with Crippen LogP contribution < -0.4 is 4.72 Å². The quantitative estimate of drug-likeness (QED) is 0.768. The third kappa shape index (κ3) is 5.30. The van der Waals surface area contributed by atoms with Crippen LogP contribution in [0.15, 0.2) is 30.3 Å². The summed E-state index contributed by atoms with van der Waals surface area (Å²) in [6, 6.07) is 8.55. The first-order chi connectivity index (χ1) is 9.02. The van der Waals surface area contributed by atoms with Crippen molar-refractivity contribution in [3.05, 3.63) is 35.9 Å². The van der Waals surface area contributed by atoms with Crippen LogP contribution in [0.2, 0.25) is 0 Å². The fourth-order valence-corrected chi connectivity index (χ4v) is 3.83. The Morgan fingerprint density at radius 2 is 1.74 bits per heavy atom. The number of sulfonamides is 1. The molecule has 108 valence electrons. The largest absolute Gasteiger partial charge is 0.394 e. The minimum absolute atomic E-state index is 0.114. The molecular weight excluding hydrogens is 262 g/mol. The molecule has 0 heterocycles. The summed E-state index contributed by atoms with van der Waals surface area (Å²) in [7, 11) is -3.37. The molecule has 0 spiro atoms. The average molecular weight is 285 g/mol. The van der Waals surface area contributed by atoms with Crippen molar-refractivity contribution >= 4 is 10.0 Å². The van der Waals surface area contributed by atoms with Crippen molar-refractivity contribution in [2.24, 2.45) is 5.92 Å². The molecule has 0 fully saturated rings. The van der Waals surface area contributed by atoms with E-state index in [9.17, 15) is 13.5 Å². The summed E-state index contributed by atoms with van der Waals surface area (Å²) in [5.41, 5.74) is 0.776. The number of aliphatic hydroxyl groups is 1. The van der Waals surface area contributed by atoms with E-state index in [0.29, 0.717) is 0 Å². The van der Waals surface area contributed by atoms with E-state index >= 15 is 0 Å². The second kappa shape index (κ2) is 7.62. The smallest absolute Gasteiger partial charge is 0.212 e. The van der Waals surface area contributed by atoms with E-state index in [4.69, 9.17) is 0 Å². The van der Waals surface area contributed by atoms with Gasteiger partial charge < -0.3 is 5.11 Å². The Labute approximate surface area is 115 Å². The topological polar surface area (TPSA) is 66.4 Å². The Morgan fingerprint density at radius 1 is 1.16 bits per heavy atom. The summed E-state index contributed by atoms with van der Waals surface area (Å²) in [5.74, 6) is 0.274. The van der Waals surface area contributed by atoms with Gasteiger partial charge in [0.25, 0.3) is 0 Å². The first-order valence-electron chi connectivity index (χ1n) is 6.68. The summed E-state index contributed by atoms with van der Waals surface area (Å²) < 4.78 is 26.7. The van der Waals surface area contributed by atoms with Gasteiger partial charge in [0.2, 0.25) is 10.0 Å². The molecule has 19 heavy (non-hydrogen) atoms. The van der Waals surface area contributed by atoms with Crippen LogP contribution in [0.5, 0.6) is 0 Å². The van der Waals surface area contributed by atoms with Crippen LogP contribution in [-0.2, 0) is 10.0 Å². The first-order valence-corrected chi connectivity index (χ1v) is 8.33. The summed E-state index contributed by atoms with van der Waals surface area (Å²) in [4.78, 5) is 0. The highest BCUT2D eigenvalue weighted by atomic mass is 32.2. The Kier molecular flexibility index (Phi) is 6.48. The van der Waals surface area contributed by atoms with Crippen LogP contribution in [0.25, 0.3) is 0 Å². The summed E-state index contributed by atoms with van der Waals surface area (Å²) in [6.45, 7) is 3.74. The molecule has 0 saturated carbocycles. The van der Waals surface area contributed by atoms with Gasteiger partial charge in [-0.25, -0.2) is 13.1 Å². The molecular formula is C14H23NO3S. The van der Waals surface area contributed by atoms with E-state index in [1.54, 1.807) is 12.1 Å². The molecule has 0 amide bonds. The lowest BCUT2D eigenvalue weighted by atomic mass is 10.1. The van der Waals surface area contributed by atoms with Crippen molar-refractivity contribution in [1.29, 1.82) is 0 Å². The van der Waals surface area contributed by atoms with Crippen molar-refractivity contribution in [1.82, 2.24) is 4.72 Å². The zero-order chi connectivity index (χ0) is 14.3. The van der Waals surface area contributed by atoms with Crippen LogP contribution in [0.4, 0.5) is 0 Å². The maximum Gasteiger partial charge on any atom is 0.212 e. The van der Waals surface area contributed by atoms with E-state index in [0.717, 1.165) is 18.4 Å². The van der Waals surface area contributed by atoms with Gasteiger partial charge in [-0.3, -0.25) is 0 Å². The monoisotopic (exact) mass is 285 g/mol. The first kappa shape index (κ1) is 16.1. The Morgan fingerprint density at radius 3 is 2.21 bits per heavy atom. The minimum atomic E-state index is -3.37. The van der Waals surface area contributed by atoms with E-state index in [1.165, 1.54) is 0 Å². The third-order valence-corrected chi connectivity index (χ3v) is 4.87. The van der Waals surface area contributed by atoms with Crippen LogP contribution in [0.3, 0.4) is 0 Å². The Balaban J connectivity index is 2.75. The van der Waals surface area contributed by atoms with Crippen molar-refractivity contribution < 1.29 is 13.5 Å². The molecule has 2 N–H and O–H groups in total. The summed E-state index contributed by atoms with van der Waals surface area (Å²) in [6.07, 6.45) is 1.68. The number of aliphatic hydroxyl groups excluding tert-OH is 1. The lowest BCUT2D eigenvalue weighted by molar-refractivity contribution is 0.258. The van der Waals surface area contributed by atoms with Gasteiger partial charge in [0.1, 0.15) is 0 Å². The van der Waals surface area contributed by atoms with Gasteiger partial charge in [-0.2, -0.15) is 0 Å². The molecule has 0 radical (unpaired) electrons. The zero-order valence-corrected chi connectivity index (χ0v) is 12.4. The lowest BCUT2D eigenvalue weighted by Gasteiger charge is -2.19. The molecule has 1 aromatic carbocycles. The van der Waals surface area contributed by atoms with Crippen molar-refractivity contribution in [3.8, 4) is 0 Å². The second-order valence-electron chi connectivity index (χ2n) is 4.73. The molecule has 1 unspecified atom stereocenters. The van der Waals surface area contributed by atoms with Crippen LogP contribution in [-0.4, -0.2) is 25.9 Å².